The number of hydrogen-bond donors (Lipinski definition) is 1. The minimum Gasteiger partial charge on any atom is -0.382 e. The summed E-state index contributed by atoms with van der Waals surface area (Å²) in [6, 6.07) is 8.34. The van der Waals surface area contributed by atoms with E-state index in [9.17, 15) is 0 Å². The van der Waals surface area contributed by atoms with Gasteiger partial charge in [0.1, 0.15) is 6.07 Å². The minimum absolute atomic E-state index is 0.422. The zero-order valence-corrected chi connectivity index (χ0v) is 11.4. The van der Waals surface area contributed by atoms with Crippen molar-refractivity contribution in [2.45, 2.75) is 13.0 Å². The molecule has 0 spiro atoms. The SMILES string of the molecule is CC(CNc1cccc(Br)c1C#N)N(C)C. The van der Waals surface area contributed by atoms with Crippen molar-refractivity contribution in [1.82, 2.24) is 4.90 Å². The first-order valence-corrected chi connectivity index (χ1v) is 5.94. The summed E-state index contributed by atoms with van der Waals surface area (Å²) in [6.07, 6.45) is 0. The van der Waals surface area contributed by atoms with Crippen molar-refractivity contribution in [3.05, 3.63) is 28.2 Å². The number of nitrogens with one attached hydrogen (secondary N) is 1. The van der Waals surface area contributed by atoms with E-state index < -0.39 is 0 Å². The molecule has 0 aromatic heterocycles. The van der Waals surface area contributed by atoms with Gasteiger partial charge in [-0.15, -0.1) is 0 Å². The molecule has 1 aromatic rings. The van der Waals surface area contributed by atoms with Crippen LogP contribution in [0.25, 0.3) is 0 Å². The first kappa shape index (κ1) is 13.0. The quantitative estimate of drug-likeness (QED) is 0.922. The number of nitrogens with zero attached hydrogens (tertiary/aromatic N) is 2. The Morgan fingerprint density at radius 2 is 2.19 bits per heavy atom. The lowest BCUT2D eigenvalue weighted by atomic mass is 10.2. The molecule has 0 fully saturated rings. The summed E-state index contributed by atoms with van der Waals surface area (Å²) in [4.78, 5) is 2.14. The van der Waals surface area contributed by atoms with Gasteiger partial charge in [-0.05, 0) is 49.1 Å². The summed E-state index contributed by atoms with van der Waals surface area (Å²) in [7, 11) is 4.08. The second kappa shape index (κ2) is 5.88. The summed E-state index contributed by atoms with van der Waals surface area (Å²) in [5.74, 6) is 0. The third-order valence-corrected chi connectivity index (χ3v) is 3.26. The van der Waals surface area contributed by atoms with Crippen LogP contribution in [-0.2, 0) is 0 Å². The van der Waals surface area contributed by atoms with Gasteiger partial charge < -0.3 is 10.2 Å². The number of likely N-dealkylation sites (N-methyl/N-ethyl adjacent to an activating group) is 1. The maximum absolute atomic E-state index is 9.04. The van der Waals surface area contributed by atoms with Crippen LogP contribution in [0.4, 0.5) is 5.69 Å². The Bertz CT molecular complexity index is 396. The van der Waals surface area contributed by atoms with E-state index in [1.165, 1.54) is 0 Å². The van der Waals surface area contributed by atoms with E-state index in [0.717, 1.165) is 16.7 Å². The molecule has 0 bridgehead atoms. The predicted octanol–water partition coefficient (Wildman–Crippen LogP) is 2.68. The monoisotopic (exact) mass is 281 g/mol. The van der Waals surface area contributed by atoms with Gasteiger partial charge in [-0.2, -0.15) is 5.26 Å². The van der Waals surface area contributed by atoms with Crippen molar-refractivity contribution in [3.63, 3.8) is 0 Å². The van der Waals surface area contributed by atoms with Crippen molar-refractivity contribution in [3.8, 4) is 6.07 Å². The smallest absolute Gasteiger partial charge is 0.103 e. The first-order chi connectivity index (χ1) is 7.56. The van der Waals surface area contributed by atoms with E-state index in [1.807, 2.05) is 32.3 Å². The fraction of sp³-hybridized carbons (Fsp3) is 0.417. The van der Waals surface area contributed by atoms with Crippen LogP contribution >= 0.6 is 15.9 Å². The van der Waals surface area contributed by atoms with E-state index in [1.54, 1.807) is 0 Å². The number of benzene rings is 1. The number of halogens is 1. The zero-order chi connectivity index (χ0) is 12.1. The Morgan fingerprint density at radius 3 is 2.75 bits per heavy atom. The van der Waals surface area contributed by atoms with Gasteiger partial charge in [-0.25, -0.2) is 0 Å². The highest BCUT2D eigenvalue weighted by molar-refractivity contribution is 9.10. The summed E-state index contributed by atoms with van der Waals surface area (Å²) >= 11 is 3.37. The highest BCUT2D eigenvalue weighted by Gasteiger charge is 2.08. The Morgan fingerprint density at radius 1 is 1.50 bits per heavy atom. The molecule has 0 aliphatic heterocycles. The van der Waals surface area contributed by atoms with E-state index >= 15 is 0 Å². The Kier molecular flexibility index (Phi) is 4.78. The van der Waals surface area contributed by atoms with Crippen LogP contribution in [0.5, 0.6) is 0 Å². The molecule has 86 valence electrons. The highest BCUT2D eigenvalue weighted by atomic mass is 79.9. The normalized spacial score (nSPS) is 12.2. The van der Waals surface area contributed by atoms with E-state index in [4.69, 9.17) is 5.26 Å². The molecule has 0 radical (unpaired) electrons. The van der Waals surface area contributed by atoms with Crippen LogP contribution < -0.4 is 5.32 Å². The van der Waals surface area contributed by atoms with Crippen LogP contribution in [0.1, 0.15) is 12.5 Å². The standard InChI is InChI=1S/C12H16BrN3/c1-9(16(2)3)8-15-12-6-4-5-11(13)10(12)7-14/h4-6,9,15H,8H2,1-3H3. The molecule has 3 nitrogen and oxygen atoms in total. The molecule has 16 heavy (non-hydrogen) atoms. The second-order valence-corrected chi connectivity index (χ2v) is 4.82. The summed E-state index contributed by atoms with van der Waals surface area (Å²) in [5.41, 5.74) is 1.54. The van der Waals surface area contributed by atoms with Gasteiger partial charge >= 0.3 is 0 Å². The predicted molar refractivity (Wildman–Crippen MR) is 70.5 cm³/mol. The van der Waals surface area contributed by atoms with E-state index in [2.05, 4.69) is 39.1 Å². The fourth-order valence-electron chi connectivity index (χ4n) is 1.23. The van der Waals surface area contributed by atoms with Crippen molar-refractivity contribution in [1.29, 1.82) is 5.26 Å². The molecule has 1 aromatic carbocycles. The van der Waals surface area contributed by atoms with E-state index in [-0.39, 0.29) is 0 Å². The van der Waals surface area contributed by atoms with Gasteiger partial charge in [0.05, 0.1) is 11.3 Å². The van der Waals surface area contributed by atoms with Crippen molar-refractivity contribution in [2.75, 3.05) is 26.0 Å². The fourth-order valence-corrected chi connectivity index (χ4v) is 1.68. The lowest BCUT2D eigenvalue weighted by Gasteiger charge is -2.21. The van der Waals surface area contributed by atoms with Crippen molar-refractivity contribution >= 4 is 21.6 Å². The number of anilines is 1. The van der Waals surface area contributed by atoms with Gasteiger partial charge in [0, 0.05) is 17.1 Å². The Labute approximate surface area is 105 Å². The largest absolute Gasteiger partial charge is 0.382 e. The Balaban J connectivity index is 2.75. The summed E-state index contributed by atoms with van der Waals surface area (Å²) in [5, 5.41) is 12.3. The summed E-state index contributed by atoms with van der Waals surface area (Å²) < 4.78 is 0.831. The molecule has 1 atom stereocenters. The van der Waals surface area contributed by atoms with Crippen molar-refractivity contribution < 1.29 is 0 Å². The topological polar surface area (TPSA) is 39.1 Å². The zero-order valence-electron chi connectivity index (χ0n) is 9.79. The number of rotatable bonds is 4. The second-order valence-electron chi connectivity index (χ2n) is 3.97. The number of hydrogen-bond acceptors (Lipinski definition) is 3. The maximum atomic E-state index is 9.04. The maximum Gasteiger partial charge on any atom is 0.103 e. The molecular formula is C12H16BrN3. The van der Waals surface area contributed by atoms with Gasteiger partial charge in [0.15, 0.2) is 0 Å². The highest BCUT2D eigenvalue weighted by Crippen LogP contribution is 2.23. The Hall–Kier alpha value is -1.05. The van der Waals surface area contributed by atoms with Crippen LogP contribution in [0.3, 0.4) is 0 Å². The van der Waals surface area contributed by atoms with Crippen LogP contribution in [0.2, 0.25) is 0 Å². The minimum atomic E-state index is 0.422. The third-order valence-electron chi connectivity index (χ3n) is 2.59. The average Bonchev–Trinajstić information content (AvgIpc) is 2.25. The molecule has 0 amide bonds. The molecule has 1 unspecified atom stereocenters. The molecule has 0 saturated carbocycles. The third kappa shape index (κ3) is 3.22. The van der Waals surface area contributed by atoms with Crippen LogP contribution in [-0.4, -0.2) is 31.6 Å². The van der Waals surface area contributed by atoms with Gasteiger partial charge in [-0.1, -0.05) is 6.07 Å². The average molecular weight is 282 g/mol. The van der Waals surface area contributed by atoms with Crippen molar-refractivity contribution in [2.24, 2.45) is 0 Å². The summed E-state index contributed by atoms with van der Waals surface area (Å²) in [6.45, 7) is 2.95. The van der Waals surface area contributed by atoms with Gasteiger partial charge in [-0.3, -0.25) is 0 Å². The lowest BCUT2D eigenvalue weighted by molar-refractivity contribution is 0.326. The number of nitriles is 1. The molecule has 1 N–H and O–H groups in total. The van der Waals surface area contributed by atoms with E-state index in [0.29, 0.717) is 11.6 Å². The molecular weight excluding hydrogens is 266 g/mol. The van der Waals surface area contributed by atoms with Crippen LogP contribution in [0, 0.1) is 11.3 Å². The van der Waals surface area contributed by atoms with Crippen LogP contribution in [0.15, 0.2) is 22.7 Å². The van der Waals surface area contributed by atoms with Gasteiger partial charge in [0.25, 0.3) is 0 Å². The van der Waals surface area contributed by atoms with Gasteiger partial charge in [0.2, 0.25) is 0 Å². The molecule has 0 heterocycles. The first-order valence-electron chi connectivity index (χ1n) is 5.15. The molecule has 4 heteroatoms. The molecule has 1 rings (SSSR count). The molecule has 0 aliphatic rings. The lowest BCUT2D eigenvalue weighted by Crippen LogP contribution is -2.31. The molecule has 0 aliphatic carbocycles. The molecule has 0 saturated heterocycles.